The van der Waals surface area contributed by atoms with Crippen molar-refractivity contribution < 1.29 is 4.42 Å². The molecular weight excluding hydrogens is 671 g/mol. The smallest absolute Gasteiger partial charge is 0.164 e. The fourth-order valence-corrected chi connectivity index (χ4v) is 8.12. The normalized spacial score (nSPS) is 11.6. The van der Waals surface area contributed by atoms with Gasteiger partial charge in [0.2, 0.25) is 0 Å². The first kappa shape index (κ1) is 31.1. The maximum atomic E-state index is 6.37. The lowest BCUT2D eigenvalue weighted by atomic mass is 9.88. The summed E-state index contributed by atoms with van der Waals surface area (Å²) in [7, 11) is 0. The van der Waals surface area contributed by atoms with Crippen molar-refractivity contribution in [2.45, 2.75) is 0 Å². The summed E-state index contributed by atoms with van der Waals surface area (Å²) in [5.41, 5.74) is 8.90. The molecule has 0 saturated carbocycles. The summed E-state index contributed by atoms with van der Waals surface area (Å²) >= 11 is 0. The molecule has 4 heteroatoms. The minimum Gasteiger partial charge on any atom is -0.455 e. The van der Waals surface area contributed by atoms with Gasteiger partial charge < -0.3 is 4.42 Å². The van der Waals surface area contributed by atoms with E-state index < -0.39 is 0 Å². The zero-order valence-corrected chi connectivity index (χ0v) is 29.6. The fourth-order valence-electron chi connectivity index (χ4n) is 8.12. The Morgan fingerprint density at radius 2 is 0.891 bits per heavy atom. The van der Waals surface area contributed by atoms with Gasteiger partial charge in [0.1, 0.15) is 11.2 Å². The molecule has 9 aromatic carbocycles. The second-order valence-electron chi connectivity index (χ2n) is 13.9. The number of benzene rings is 9. The van der Waals surface area contributed by atoms with Crippen molar-refractivity contribution in [2.75, 3.05) is 0 Å². The van der Waals surface area contributed by atoms with Crippen LogP contribution in [0.4, 0.5) is 0 Å². The number of rotatable bonds is 5. The van der Waals surface area contributed by atoms with Crippen molar-refractivity contribution in [1.29, 1.82) is 0 Å². The van der Waals surface area contributed by atoms with Gasteiger partial charge in [-0.25, -0.2) is 15.0 Å². The molecule has 0 fully saturated rings. The Bertz CT molecular complexity index is 3260. The van der Waals surface area contributed by atoms with Gasteiger partial charge in [-0.1, -0.05) is 176 Å². The SMILES string of the molecule is c1ccc(-c2nc(-c3ccc(-c4cccc5c4oc4ccccc45)cc3)nc(-c3ccccc3-c3c4ccccc4cc4c3ccc3ccccc34)n2)cc1. The van der Waals surface area contributed by atoms with Crippen LogP contribution in [0.1, 0.15) is 0 Å². The van der Waals surface area contributed by atoms with Crippen molar-refractivity contribution in [2.24, 2.45) is 0 Å². The summed E-state index contributed by atoms with van der Waals surface area (Å²) in [6.45, 7) is 0. The van der Waals surface area contributed by atoms with Crippen molar-refractivity contribution in [3.05, 3.63) is 188 Å². The Morgan fingerprint density at radius 3 is 1.71 bits per heavy atom. The Balaban J connectivity index is 1.10. The molecule has 55 heavy (non-hydrogen) atoms. The van der Waals surface area contributed by atoms with Gasteiger partial charge in [-0.05, 0) is 61.1 Å². The number of aromatic nitrogens is 3. The summed E-state index contributed by atoms with van der Waals surface area (Å²) in [6, 6.07) is 65.7. The molecule has 256 valence electrons. The van der Waals surface area contributed by atoms with Gasteiger partial charge in [0, 0.05) is 33.0 Å². The van der Waals surface area contributed by atoms with Crippen LogP contribution in [0.15, 0.2) is 192 Å². The Hall–Kier alpha value is -7.43. The predicted octanol–water partition coefficient (Wildman–Crippen LogP) is 13.6. The molecule has 0 radical (unpaired) electrons. The van der Waals surface area contributed by atoms with E-state index in [4.69, 9.17) is 19.4 Å². The van der Waals surface area contributed by atoms with Gasteiger partial charge in [-0.15, -0.1) is 0 Å². The second kappa shape index (κ2) is 12.6. The highest BCUT2D eigenvalue weighted by Crippen LogP contribution is 2.43. The first-order valence-electron chi connectivity index (χ1n) is 18.5. The molecule has 2 aromatic heterocycles. The van der Waals surface area contributed by atoms with E-state index in [0.717, 1.165) is 55.3 Å². The molecule has 0 unspecified atom stereocenters. The van der Waals surface area contributed by atoms with Crippen molar-refractivity contribution in [3.63, 3.8) is 0 Å². The fraction of sp³-hybridized carbons (Fsp3) is 0. The van der Waals surface area contributed by atoms with E-state index in [9.17, 15) is 0 Å². The van der Waals surface area contributed by atoms with E-state index in [1.54, 1.807) is 0 Å². The van der Waals surface area contributed by atoms with E-state index in [-0.39, 0.29) is 0 Å². The maximum Gasteiger partial charge on any atom is 0.164 e. The summed E-state index contributed by atoms with van der Waals surface area (Å²) < 4.78 is 6.37. The molecule has 2 heterocycles. The van der Waals surface area contributed by atoms with Crippen LogP contribution in [0.5, 0.6) is 0 Å². The topological polar surface area (TPSA) is 51.8 Å². The summed E-state index contributed by atoms with van der Waals surface area (Å²) in [4.78, 5) is 15.5. The van der Waals surface area contributed by atoms with Crippen LogP contribution in [0.3, 0.4) is 0 Å². The van der Waals surface area contributed by atoms with Gasteiger partial charge in [0.05, 0.1) is 0 Å². The summed E-state index contributed by atoms with van der Waals surface area (Å²) in [5, 5.41) is 9.47. The molecule has 0 N–H and O–H groups in total. The molecule has 0 amide bonds. The van der Waals surface area contributed by atoms with E-state index in [0.29, 0.717) is 17.5 Å². The number of fused-ring (bicyclic) bond motifs is 7. The van der Waals surface area contributed by atoms with E-state index in [2.05, 4.69) is 158 Å². The second-order valence-corrected chi connectivity index (χ2v) is 13.9. The van der Waals surface area contributed by atoms with E-state index in [1.165, 1.54) is 37.9 Å². The lowest BCUT2D eigenvalue weighted by molar-refractivity contribution is 0.670. The highest BCUT2D eigenvalue weighted by Gasteiger charge is 2.20. The van der Waals surface area contributed by atoms with Crippen molar-refractivity contribution in [3.8, 4) is 56.4 Å². The van der Waals surface area contributed by atoms with Gasteiger partial charge >= 0.3 is 0 Å². The van der Waals surface area contributed by atoms with Crippen molar-refractivity contribution >= 4 is 54.3 Å². The average molecular weight is 702 g/mol. The quantitative estimate of drug-likeness (QED) is 0.132. The molecule has 0 bridgehead atoms. The van der Waals surface area contributed by atoms with Crippen LogP contribution in [-0.4, -0.2) is 15.0 Å². The third-order valence-electron chi connectivity index (χ3n) is 10.7. The van der Waals surface area contributed by atoms with Gasteiger partial charge in [-0.3, -0.25) is 0 Å². The Kier molecular flexibility index (Phi) is 7.14. The molecule has 11 aromatic rings. The zero-order valence-electron chi connectivity index (χ0n) is 29.6. The monoisotopic (exact) mass is 701 g/mol. The number of furan rings is 1. The van der Waals surface area contributed by atoms with E-state index in [1.807, 2.05) is 30.3 Å². The minimum atomic E-state index is 0.612. The van der Waals surface area contributed by atoms with E-state index >= 15 is 0 Å². The third kappa shape index (κ3) is 5.19. The minimum absolute atomic E-state index is 0.612. The molecule has 0 spiro atoms. The largest absolute Gasteiger partial charge is 0.455 e. The van der Waals surface area contributed by atoms with Crippen molar-refractivity contribution in [1.82, 2.24) is 15.0 Å². The average Bonchev–Trinajstić information content (AvgIpc) is 3.65. The number of nitrogens with zero attached hydrogens (tertiary/aromatic N) is 3. The number of para-hydroxylation sites is 2. The first-order valence-corrected chi connectivity index (χ1v) is 18.5. The maximum absolute atomic E-state index is 6.37. The van der Waals surface area contributed by atoms with Crippen LogP contribution in [0.25, 0.3) is 111 Å². The van der Waals surface area contributed by atoms with Crippen LogP contribution >= 0.6 is 0 Å². The molecule has 0 saturated heterocycles. The highest BCUT2D eigenvalue weighted by molar-refractivity contribution is 6.21. The first-order chi connectivity index (χ1) is 27.3. The third-order valence-corrected chi connectivity index (χ3v) is 10.7. The Labute approximate surface area is 317 Å². The lowest BCUT2D eigenvalue weighted by Gasteiger charge is -2.17. The molecular formula is C51H31N3O. The number of hydrogen-bond acceptors (Lipinski definition) is 4. The molecule has 4 nitrogen and oxygen atoms in total. The Morgan fingerprint density at radius 1 is 0.309 bits per heavy atom. The lowest BCUT2D eigenvalue weighted by Crippen LogP contribution is -2.01. The van der Waals surface area contributed by atoms with Crippen LogP contribution < -0.4 is 0 Å². The van der Waals surface area contributed by atoms with Crippen LogP contribution in [0, 0.1) is 0 Å². The molecule has 11 rings (SSSR count). The molecule has 0 aliphatic heterocycles. The molecule has 0 aliphatic carbocycles. The van der Waals surface area contributed by atoms with Gasteiger partial charge in [0.15, 0.2) is 17.5 Å². The predicted molar refractivity (Wildman–Crippen MR) is 227 cm³/mol. The molecule has 0 atom stereocenters. The van der Waals surface area contributed by atoms with Crippen LogP contribution in [0.2, 0.25) is 0 Å². The van der Waals surface area contributed by atoms with Gasteiger partial charge in [-0.2, -0.15) is 0 Å². The van der Waals surface area contributed by atoms with Crippen LogP contribution in [-0.2, 0) is 0 Å². The number of hydrogen-bond donors (Lipinski definition) is 0. The summed E-state index contributed by atoms with van der Waals surface area (Å²) in [6.07, 6.45) is 0. The summed E-state index contributed by atoms with van der Waals surface area (Å²) in [5.74, 6) is 1.86. The standard InChI is InChI=1S/C51H31N3O/c1-2-14-34(15-3-1)49-52-50(35-27-25-33(26-28-35)39-22-12-23-43-40-19-10-11-24-46(40)55-48(39)43)54-51(53-49)44-21-9-8-20-41(44)47-38-18-7-5-16-36(38)31-45-37-17-6-4-13-32(37)29-30-42(45)47/h1-31H. The van der Waals surface area contributed by atoms with Gasteiger partial charge in [0.25, 0.3) is 0 Å². The molecule has 0 aliphatic rings. The zero-order chi connectivity index (χ0) is 36.3. The highest BCUT2D eigenvalue weighted by atomic mass is 16.3.